The number of rotatable bonds is 2. The molecule has 1 aromatic heterocycles. The number of fused-ring (bicyclic) bond motifs is 1. The lowest BCUT2D eigenvalue weighted by atomic mass is 10.0. The lowest BCUT2D eigenvalue weighted by molar-refractivity contribution is 0.127. The van der Waals surface area contributed by atoms with Crippen LogP contribution in [-0.4, -0.2) is 21.4 Å². The van der Waals surface area contributed by atoms with Crippen molar-refractivity contribution in [3.63, 3.8) is 0 Å². The third kappa shape index (κ3) is 2.87. The van der Waals surface area contributed by atoms with E-state index in [-0.39, 0.29) is 0 Å². The van der Waals surface area contributed by atoms with E-state index in [1.165, 1.54) is 11.8 Å². The first kappa shape index (κ1) is 15.4. The minimum Gasteiger partial charge on any atom is -0.465 e. The average molecular weight is 294 g/mol. The van der Waals surface area contributed by atoms with Gasteiger partial charge in [-0.15, -0.1) is 0 Å². The number of aryl methyl sites for hydroxylation is 2. The zero-order valence-corrected chi connectivity index (χ0v) is 13.7. The lowest BCUT2D eigenvalue weighted by Crippen LogP contribution is -2.24. The molecule has 0 aromatic carbocycles. The molecule has 0 bridgehead atoms. The molecule has 0 saturated carbocycles. The smallest absolute Gasteiger partial charge is 0.108 e. The molecule has 3 nitrogen and oxygen atoms in total. The second kappa shape index (κ2) is 4.79. The normalized spacial score (nSPS) is 16.4. The van der Waals surface area contributed by atoms with E-state index in [1.54, 1.807) is 27.7 Å². The Bertz CT molecular complexity index is 542. The maximum Gasteiger partial charge on any atom is 0.108 e. The SMILES string of the molecule is Cc1oc(C)c2c1C=C(C(C)(C)O)SC(C(C)(C)O)=C2. The molecule has 0 atom stereocenters. The van der Waals surface area contributed by atoms with Crippen LogP contribution in [0.4, 0.5) is 0 Å². The molecule has 2 rings (SSSR count). The second-order valence-corrected chi connectivity index (χ2v) is 7.36. The van der Waals surface area contributed by atoms with Gasteiger partial charge in [0, 0.05) is 20.9 Å². The molecule has 2 N–H and O–H groups in total. The Kier molecular flexibility index (Phi) is 3.70. The van der Waals surface area contributed by atoms with Crippen molar-refractivity contribution in [3.05, 3.63) is 32.5 Å². The van der Waals surface area contributed by atoms with E-state index in [0.717, 1.165) is 32.5 Å². The standard InChI is InChI=1S/C16H22O3S/c1-9-11-7-13(15(3,4)17)20-14(16(5,6)18)8-12(11)10(2)19-9/h7-8,17-18H,1-6H3. The van der Waals surface area contributed by atoms with Crippen molar-refractivity contribution in [1.82, 2.24) is 0 Å². The van der Waals surface area contributed by atoms with Crippen molar-refractivity contribution in [2.75, 3.05) is 0 Å². The van der Waals surface area contributed by atoms with Crippen LogP contribution in [0, 0.1) is 13.8 Å². The van der Waals surface area contributed by atoms with Crippen LogP contribution in [0.3, 0.4) is 0 Å². The molecule has 1 aliphatic heterocycles. The largest absolute Gasteiger partial charge is 0.465 e. The van der Waals surface area contributed by atoms with E-state index < -0.39 is 11.2 Å². The molecule has 1 aliphatic rings. The number of hydrogen-bond donors (Lipinski definition) is 2. The Morgan fingerprint density at radius 3 is 1.50 bits per heavy atom. The second-order valence-electron chi connectivity index (χ2n) is 6.28. The van der Waals surface area contributed by atoms with Crippen LogP contribution in [0.25, 0.3) is 12.2 Å². The average Bonchev–Trinajstić information content (AvgIpc) is 2.48. The van der Waals surface area contributed by atoms with Gasteiger partial charge >= 0.3 is 0 Å². The molecule has 2 heterocycles. The van der Waals surface area contributed by atoms with Gasteiger partial charge in [0.15, 0.2) is 0 Å². The van der Waals surface area contributed by atoms with Gasteiger partial charge in [-0.3, -0.25) is 0 Å². The van der Waals surface area contributed by atoms with Gasteiger partial charge in [-0.2, -0.15) is 0 Å². The Labute approximate surface area is 124 Å². The van der Waals surface area contributed by atoms with E-state index in [2.05, 4.69) is 0 Å². The van der Waals surface area contributed by atoms with Crippen molar-refractivity contribution in [3.8, 4) is 0 Å². The van der Waals surface area contributed by atoms with Crippen molar-refractivity contribution < 1.29 is 14.6 Å². The Hall–Kier alpha value is -0.970. The summed E-state index contributed by atoms with van der Waals surface area (Å²) in [6.45, 7) is 10.8. The fraction of sp³-hybridized carbons (Fsp3) is 0.500. The van der Waals surface area contributed by atoms with Gasteiger partial charge < -0.3 is 14.6 Å². The van der Waals surface area contributed by atoms with Crippen LogP contribution in [0.2, 0.25) is 0 Å². The summed E-state index contributed by atoms with van der Waals surface area (Å²) < 4.78 is 5.68. The molecule has 0 saturated heterocycles. The summed E-state index contributed by atoms with van der Waals surface area (Å²) >= 11 is 1.43. The van der Waals surface area contributed by atoms with Crippen molar-refractivity contribution in [2.45, 2.75) is 52.7 Å². The topological polar surface area (TPSA) is 53.6 Å². The van der Waals surface area contributed by atoms with Gasteiger partial charge in [0.1, 0.15) is 11.5 Å². The number of hydrogen-bond acceptors (Lipinski definition) is 4. The quantitative estimate of drug-likeness (QED) is 0.869. The molecule has 0 spiro atoms. The van der Waals surface area contributed by atoms with Crippen LogP contribution < -0.4 is 0 Å². The van der Waals surface area contributed by atoms with Gasteiger partial charge in [0.25, 0.3) is 0 Å². The molecule has 0 amide bonds. The van der Waals surface area contributed by atoms with E-state index in [9.17, 15) is 10.2 Å². The first-order valence-corrected chi connectivity index (χ1v) is 7.48. The summed E-state index contributed by atoms with van der Waals surface area (Å²) in [6, 6.07) is 0. The van der Waals surface area contributed by atoms with Gasteiger partial charge in [0.2, 0.25) is 0 Å². The van der Waals surface area contributed by atoms with E-state index in [1.807, 2.05) is 26.0 Å². The van der Waals surface area contributed by atoms with E-state index in [4.69, 9.17) is 4.42 Å². The van der Waals surface area contributed by atoms with Crippen molar-refractivity contribution >= 4 is 23.9 Å². The predicted molar refractivity (Wildman–Crippen MR) is 84.3 cm³/mol. The summed E-state index contributed by atoms with van der Waals surface area (Å²) in [7, 11) is 0. The van der Waals surface area contributed by atoms with Crippen LogP contribution in [0.5, 0.6) is 0 Å². The van der Waals surface area contributed by atoms with Crippen LogP contribution >= 0.6 is 11.8 Å². The highest BCUT2D eigenvalue weighted by atomic mass is 32.2. The van der Waals surface area contributed by atoms with Crippen LogP contribution in [0.15, 0.2) is 14.2 Å². The number of furan rings is 1. The summed E-state index contributed by atoms with van der Waals surface area (Å²) in [6.07, 6.45) is 3.92. The molecule has 0 radical (unpaired) electrons. The maximum atomic E-state index is 10.3. The maximum absolute atomic E-state index is 10.3. The third-order valence-corrected chi connectivity index (χ3v) is 5.01. The Balaban J connectivity index is 2.69. The van der Waals surface area contributed by atoms with E-state index in [0.29, 0.717) is 0 Å². The summed E-state index contributed by atoms with van der Waals surface area (Å²) in [5, 5.41) is 20.7. The zero-order chi connectivity index (χ0) is 15.3. The number of thioether (sulfide) groups is 1. The molecule has 1 aromatic rings. The summed E-state index contributed by atoms with van der Waals surface area (Å²) in [4.78, 5) is 1.60. The first-order valence-electron chi connectivity index (χ1n) is 6.67. The molecule has 0 unspecified atom stereocenters. The molecular formula is C16H22O3S. The molecule has 20 heavy (non-hydrogen) atoms. The minimum atomic E-state index is -0.964. The molecule has 0 fully saturated rings. The first-order chi connectivity index (χ1) is 9.00. The van der Waals surface area contributed by atoms with Gasteiger partial charge in [-0.25, -0.2) is 0 Å². The molecular weight excluding hydrogens is 272 g/mol. The van der Waals surface area contributed by atoms with Gasteiger partial charge in [-0.05, 0) is 53.7 Å². The van der Waals surface area contributed by atoms with Gasteiger partial charge in [0.05, 0.1) is 11.2 Å². The highest BCUT2D eigenvalue weighted by molar-refractivity contribution is 8.07. The molecule has 4 heteroatoms. The summed E-state index contributed by atoms with van der Waals surface area (Å²) in [5.41, 5.74) is 0.0281. The van der Waals surface area contributed by atoms with Gasteiger partial charge in [-0.1, -0.05) is 11.8 Å². The minimum absolute atomic E-state index is 0.800. The fourth-order valence-corrected chi connectivity index (χ4v) is 3.21. The Morgan fingerprint density at radius 2 is 1.20 bits per heavy atom. The fourth-order valence-electron chi connectivity index (χ4n) is 2.12. The summed E-state index contributed by atoms with van der Waals surface area (Å²) in [5.74, 6) is 1.65. The number of aliphatic hydroxyl groups is 2. The lowest BCUT2D eigenvalue weighted by Gasteiger charge is -2.26. The molecule has 0 aliphatic carbocycles. The van der Waals surface area contributed by atoms with Crippen LogP contribution in [0.1, 0.15) is 50.3 Å². The Morgan fingerprint density at radius 1 is 0.850 bits per heavy atom. The van der Waals surface area contributed by atoms with Crippen LogP contribution in [-0.2, 0) is 0 Å². The van der Waals surface area contributed by atoms with Crippen molar-refractivity contribution in [2.24, 2.45) is 0 Å². The van der Waals surface area contributed by atoms with E-state index >= 15 is 0 Å². The monoisotopic (exact) mass is 294 g/mol. The predicted octanol–water partition coefficient (Wildman–Crippen LogP) is 3.87. The highest BCUT2D eigenvalue weighted by Crippen LogP contribution is 2.45. The highest BCUT2D eigenvalue weighted by Gasteiger charge is 2.31. The third-order valence-electron chi connectivity index (χ3n) is 3.33. The zero-order valence-electron chi connectivity index (χ0n) is 12.9. The molecule has 110 valence electrons. The van der Waals surface area contributed by atoms with Crippen molar-refractivity contribution in [1.29, 1.82) is 0 Å².